The number of methoxy groups -OCH3 is 1. The molecular formula is C15H23ClN2O4S. The Bertz CT molecular complexity index is 674. The zero-order chi connectivity index (χ0) is 16.5. The number of esters is 1. The van der Waals surface area contributed by atoms with Crippen LogP contribution >= 0.6 is 12.4 Å². The highest BCUT2D eigenvalue weighted by atomic mass is 35.5. The Morgan fingerprint density at radius 2 is 2.04 bits per heavy atom. The van der Waals surface area contributed by atoms with Gasteiger partial charge in [0.05, 0.1) is 17.6 Å². The van der Waals surface area contributed by atoms with Crippen molar-refractivity contribution >= 4 is 28.4 Å². The maximum atomic E-state index is 12.9. The van der Waals surface area contributed by atoms with E-state index in [0.717, 1.165) is 12.8 Å². The first kappa shape index (κ1) is 19.9. The van der Waals surface area contributed by atoms with Gasteiger partial charge in [-0.25, -0.2) is 13.2 Å². The summed E-state index contributed by atoms with van der Waals surface area (Å²) >= 11 is 0. The molecule has 1 saturated carbocycles. The molecule has 0 radical (unpaired) electrons. The Kier molecular flexibility index (Phi) is 6.59. The number of sulfonamides is 1. The third-order valence-electron chi connectivity index (χ3n) is 4.14. The van der Waals surface area contributed by atoms with Crippen LogP contribution in [0.25, 0.3) is 0 Å². The van der Waals surface area contributed by atoms with E-state index in [4.69, 9.17) is 5.73 Å². The Hall–Kier alpha value is -1.15. The van der Waals surface area contributed by atoms with Crippen molar-refractivity contribution in [1.29, 1.82) is 0 Å². The average molecular weight is 363 g/mol. The number of aryl methyl sites for hydroxylation is 1. The van der Waals surface area contributed by atoms with Crippen LogP contribution in [0.3, 0.4) is 0 Å². The number of benzene rings is 1. The summed E-state index contributed by atoms with van der Waals surface area (Å²) in [4.78, 5) is 11.8. The zero-order valence-electron chi connectivity index (χ0n) is 13.5. The van der Waals surface area contributed by atoms with E-state index < -0.39 is 16.0 Å². The number of carbonyl (C=O) groups is 1. The number of nitrogens with zero attached hydrogens (tertiary/aromatic N) is 1. The molecule has 0 spiro atoms. The summed E-state index contributed by atoms with van der Waals surface area (Å²) in [6.07, 6.45) is 2.01. The lowest BCUT2D eigenvalue weighted by Crippen LogP contribution is -2.43. The second-order valence-electron chi connectivity index (χ2n) is 5.63. The lowest BCUT2D eigenvalue weighted by atomic mass is 10.1. The standard InChI is InChI=1S/C15H22N2O4S.ClH/c1-10-4-5-12(15(18)21-3)8-14(10)22(19,20)17(2)13(9-16)11-6-7-11;/h4-5,8,11,13H,6-7,9,16H2,1-3H3;1H. The van der Waals surface area contributed by atoms with E-state index in [1.54, 1.807) is 26.1 Å². The van der Waals surface area contributed by atoms with Crippen LogP contribution in [0.2, 0.25) is 0 Å². The van der Waals surface area contributed by atoms with Crippen LogP contribution in [0, 0.1) is 12.8 Å². The Morgan fingerprint density at radius 1 is 1.43 bits per heavy atom. The predicted molar refractivity (Wildman–Crippen MR) is 90.3 cm³/mol. The van der Waals surface area contributed by atoms with Crippen LogP contribution in [-0.4, -0.2) is 45.4 Å². The van der Waals surface area contributed by atoms with Crippen molar-refractivity contribution < 1.29 is 17.9 Å². The Balaban J connectivity index is 0.00000264. The molecule has 6 nitrogen and oxygen atoms in total. The third-order valence-corrected chi connectivity index (χ3v) is 6.17. The fraction of sp³-hybridized carbons (Fsp3) is 0.533. The van der Waals surface area contributed by atoms with Gasteiger partial charge in [0.15, 0.2) is 0 Å². The molecular weight excluding hydrogens is 340 g/mol. The van der Waals surface area contributed by atoms with Gasteiger partial charge in [0.2, 0.25) is 10.0 Å². The van der Waals surface area contributed by atoms with Crippen molar-refractivity contribution in [1.82, 2.24) is 4.31 Å². The summed E-state index contributed by atoms with van der Waals surface area (Å²) in [7, 11) is -0.890. The van der Waals surface area contributed by atoms with E-state index in [2.05, 4.69) is 4.74 Å². The van der Waals surface area contributed by atoms with Crippen LogP contribution in [-0.2, 0) is 14.8 Å². The fourth-order valence-electron chi connectivity index (χ4n) is 2.57. The highest BCUT2D eigenvalue weighted by Crippen LogP contribution is 2.36. The summed E-state index contributed by atoms with van der Waals surface area (Å²) in [6.45, 7) is 1.99. The Morgan fingerprint density at radius 3 is 2.52 bits per heavy atom. The van der Waals surface area contributed by atoms with Crippen molar-refractivity contribution in [2.75, 3.05) is 20.7 Å². The molecule has 1 atom stereocenters. The van der Waals surface area contributed by atoms with Gasteiger partial charge in [0.1, 0.15) is 0 Å². The monoisotopic (exact) mass is 362 g/mol. The van der Waals surface area contributed by atoms with Gasteiger partial charge >= 0.3 is 5.97 Å². The maximum Gasteiger partial charge on any atom is 0.337 e. The third kappa shape index (κ3) is 4.03. The molecule has 1 fully saturated rings. The van der Waals surface area contributed by atoms with E-state index in [9.17, 15) is 13.2 Å². The van der Waals surface area contributed by atoms with E-state index in [1.165, 1.54) is 17.5 Å². The van der Waals surface area contributed by atoms with Gasteiger partial charge in [-0.3, -0.25) is 0 Å². The topological polar surface area (TPSA) is 89.7 Å². The van der Waals surface area contributed by atoms with E-state index >= 15 is 0 Å². The summed E-state index contributed by atoms with van der Waals surface area (Å²) in [6, 6.07) is 4.34. The molecule has 1 aliphatic rings. The molecule has 0 amide bonds. The molecule has 1 unspecified atom stereocenters. The number of carbonyl (C=O) groups excluding carboxylic acids is 1. The van der Waals surface area contributed by atoms with Gasteiger partial charge in [-0.05, 0) is 43.4 Å². The number of halogens is 1. The SMILES string of the molecule is COC(=O)c1ccc(C)c(S(=O)(=O)N(C)C(CN)C2CC2)c1.Cl. The number of hydrogen-bond donors (Lipinski definition) is 1. The van der Waals surface area contributed by atoms with Crippen molar-refractivity contribution in [3.05, 3.63) is 29.3 Å². The van der Waals surface area contributed by atoms with Crippen molar-refractivity contribution in [3.63, 3.8) is 0 Å². The van der Waals surface area contributed by atoms with Gasteiger partial charge in [-0.2, -0.15) is 4.31 Å². The smallest absolute Gasteiger partial charge is 0.337 e. The fourth-order valence-corrected chi connectivity index (χ4v) is 4.25. The number of ether oxygens (including phenoxy) is 1. The minimum absolute atomic E-state index is 0. The molecule has 1 aliphatic carbocycles. The largest absolute Gasteiger partial charge is 0.465 e. The van der Waals surface area contributed by atoms with Gasteiger partial charge in [-0.1, -0.05) is 6.07 Å². The first-order valence-electron chi connectivity index (χ1n) is 7.20. The number of hydrogen-bond acceptors (Lipinski definition) is 5. The predicted octanol–water partition coefficient (Wildman–Crippen LogP) is 1.56. The van der Waals surface area contributed by atoms with Crippen molar-refractivity contribution in [2.24, 2.45) is 11.7 Å². The number of likely N-dealkylation sites (N-methyl/N-ethyl adjacent to an activating group) is 1. The Labute approximate surface area is 143 Å². The molecule has 2 rings (SSSR count). The second-order valence-corrected chi connectivity index (χ2v) is 7.60. The summed E-state index contributed by atoms with van der Waals surface area (Å²) in [5.74, 6) is -0.231. The molecule has 23 heavy (non-hydrogen) atoms. The van der Waals surface area contributed by atoms with Crippen LogP contribution < -0.4 is 5.73 Å². The zero-order valence-corrected chi connectivity index (χ0v) is 15.1. The highest BCUT2D eigenvalue weighted by molar-refractivity contribution is 7.89. The quantitative estimate of drug-likeness (QED) is 0.775. The van der Waals surface area contributed by atoms with Gasteiger partial charge in [0.25, 0.3) is 0 Å². The van der Waals surface area contributed by atoms with Crippen LogP contribution in [0.4, 0.5) is 0 Å². The van der Waals surface area contributed by atoms with Crippen molar-refractivity contribution in [3.8, 4) is 0 Å². The highest BCUT2D eigenvalue weighted by Gasteiger charge is 2.38. The molecule has 8 heteroatoms. The molecule has 0 saturated heterocycles. The second kappa shape index (κ2) is 7.61. The summed E-state index contributed by atoms with van der Waals surface area (Å²) in [5, 5.41) is 0. The normalized spacial score (nSPS) is 15.9. The lowest BCUT2D eigenvalue weighted by molar-refractivity contribution is 0.0600. The molecule has 0 aromatic heterocycles. The lowest BCUT2D eigenvalue weighted by Gasteiger charge is -2.27. The van der Waals surface area contributed by atoms with Crippen LogP contribution in [0.15, 0.2) is 23.1 Å². The van der Waals surface area contributed by atoms with Gasteiger partial charge in [-0.15, -0.1) is 12.4 Å². The van der Waals surface area contributed by atoms with E-state index in [1.807, 2.05) is 0 Å². The minimum atomic E-state index is -3.70. The molecule has 0 aliphatic heterocycles. The molecule has 1 aromatic rings. The summed E-state index contributed by atoms with van der Waals surface area (Å²) < 4.78 is 31.7. The first-order valence-corrected chi connectivity index (χ1v) is 8.64. The van der Waals surface area contributed by atoms with Crippen LogP contribution in [0.1, 0.15) is 28.8 Å². The van der Waals surface area contributed by atoms with Gasteiger partial charge in [0, 0.05) is 19.6 Å². The number of nitrogens with two attached hydrogens (primary N) is 1. The molecule has 1 aromatic carbocycles. The molecule has 0 bridgehead atoms. The maximum absolute atomic E-state index is 12.9. The van der Waals surface area contributed by atoms with E-state index in [0.29, 0.717) is 11.5 Å². The number of rotatable bonds is 6. The van der Waals surface area contributed by atoms with Crippen molar-refractivity contribution in [2.45, 2.75) is 30.7 Å². The average Bonchev–Trinajstić information content (AvgIpc) is 3.32. The summed E-state index contributed by atoms with van der Waals surface area (Å²) in [5.41, 5.74) is 6.55. The van der Waals surface area contributed by atoms with Gasteiger partial charge < -0.3 is 10.5 Å². The minimum Gasteiger partial charge on any atom is -0.465 e. The molecule has 2 N–H and O–H groups in total. The molecule has 130 valence electrons. The van der Waals surface area contributed by atoms with E-state index in [-0.39, 0.29) is 35.5 Å². The first-order chi connectivity index (χ1) is 10.3. The molecule has 0 heterocycles. The van der Waals surface area contributed by atoms with Crippen LogP contribution in [0.5, 0.6) is 0 Å².